The minimum atomic E-state index is -1.20. The van der Waals surface area contributed by atoms with E-state index in [1.165, 1.54) is 18.5 Å². The number of nitrogens with zero attached hydrogens (tertiary/aromatic N) is 2. The summed E-state index contributed by atoms with van der Waals surface area (Å²) < 4.78 is 26.4. The molecule has 0 saturated heterocycles. The number of hydrogen-bond acceptors (Lipinski definition) is 4. The van der Waals surface area contributed by atoms with Crippen molar-refractivity contribution in [3.8, 4) is 22.4 Å². The van der Waals surface area contributed by atoms with Crippen molar-refractivity contribution in [2.24, 2.45) is 0 Å². The van der Waals surface area contributed by atoms with Crippen molar-refractivity contribution in [3.63, 3.8) is 0 Å². The van der Waals surface area contributed by atoms with Crippen LogP contribution in [0.25, 0.3) is 22.4 Å². The quantitative estimate of drug-likeness (QED) is 0.801. The molecule has 1 atom stereocenters. The Bertz CT molecular complexity index is 881. The number of nitrogen functional groups attached to an aromatic ring is 1. The van der Waals surface area contributed by atoms with Gasteiger partial charge in [-0.15, -0.1) is 0 Å². The van der Waals surface area contributed by atoms with Gasteiger partial charge in [0.2, 0.25) is 0 Å². The van der Waals surface area contributed by atoms with Crippen LogP contribution >= 0.6 is 0 Å². The Labute approximate surface area is 135 Å². The van der Waals surface area contributed by atoms with E-state index in [0.29, 0.717) is 33.1 Å². The summed E-state index contributed by atoms with van der Waals surface area (Å²) in [6.07, 6.45) is 4.50. The standard InChI is InChI=1S/C17H14FN3OS/c1-23(22)16-5-3-2-4-13(16)12-7-6-11(8-14(12)18)15-9-21-17(19)10-20-15/h2-10H,1H3,(H2,19,21). The highest BCUT2D eigenvalue weighted by Crippen LogP contribution is 2.30. The van der Waals surface area contributed by atoms with Gasteiger partial charge in [0, 0.05) is 27.8 Å². The monoisotopic (exact) mass is 327 g/mol. The zero-order valence-corrected chi connectivity index (χ0v) is 13.2. The zero-order valence-electron chi connectivity index (χ0n) is 12.4. The van der Waals surface area contributed by atoms with Crippen molar-refractivity contribution < 1.29 is 8.60 Å². The van der Waals surface area contributed by atoms with Crippen molar-refractivity contribution in [2.45, 2.75) is 4.90 Å². The molecule has 4 nitrogen and oxygen atoms in total. The Morgan fingerprint density at radius 1 is 1.04 bits per heavy atom. The molecule has 0 saturated carbocycles. The molecular formula is C17H14FN3OS. The average molecular weight is 327 g/mol. The molecule has 0 fully saturated rings. The number of aromatic nitrogens is 2. The highest BCUT2D eigenvalue weighted by molar-refractivity contribution is 7.84. The van der Waals surface area contributed by atoms with Crippen LogP contribution in [-0.2, 0) is 10.8 Å². The number of halogens is 1. The van der Waals surface area contributed by atoms with Gasteiger partial charge < -0.3 is 5.73 Å². The van der Waals surface area contributed by atoms with Crippen LogP contribution in [0, 0.1) is 5.82 Å². The fourth-order valence-corrected chi connectivity index (χ4v) is 3.08. The number of benzene rings is 2. The van der Waals surface area contributed by atoms with E-state index in [1.54, 1.807) is 42.7 Å². The molecule has 0 bridgehead atoms. The van der Waals surface area contributed by atoms with Crippen LogP contribution in [0.1, 0.15) is 0 Å². The summed E-state index contributed by atoms with van der Waals surface area (Å²) in [6, 6.07) is 11.9. The summed E-state index contributed by atoms with van der Waals surface area (Å²) in [6.45, 7) is 0. The van der Waals surface area contributed by atoms with Gasteiger partial charge in [0.15, 0.2) is 0 Å². The van der Waals surface area contributed by atoms with Crippen molar-refractivity contribution in [3.05, 3.63) is 60.7 Å². The Morgan fingerprint density at radius 2 is 1.83 bits per heavy atom. The maximum absolute atomic E-state index is 14.6. The zero-order chi connectivity index (χ0) is 16.4. The van der Waals surface area contributed by atoms with Crippen molar-refractivity contribution in [2.75, 3.05) is 12.0 Å². The van der Waals surface area contributed by atoms with Crippen LogP contribution in [0.5, 0.6) is 0 Å². The van der Waals surface area contributed by atoms with Gasteiger partial charge in [0.05, 0.1) is 28.9 Å². The molecule has 0 radical (unpaired) electrons. The maximum Gasteiger partial charge on any atom is 0.141 e. The van der Waals surface area contributed by atoms with Gasteiger partial charge in [-0.1, -0.05) is 30.3 Å². The van der Waals surface area contributed by atoms with E-state index in [1.807, 2.05) is 0 Å². The normalized spacial score (nSPS) is 12.1. The molecule has 0 spiro atoms. The lowest BCUT2D eigenvalue weighted by Crippen LogP contribution is -1.95. The lowest BCUT2D eigenvalue weighted by Gasteiger charge is -2.10. The predicted molar refractivity (Wildman–Crippen MR) is 89.6 cm³/mol. The van der Waals surface area contributed by atoms with Gasteiger partial charge in [-0.05, 0) is 12.1 Å². The third-order valence-electron chi connectivity index (χ3n) is 3.42. The molecule has 2 N–H and O–H groups in total. The summed E-state index contributed by atoms with van der Waals surface area (Å²) in [5, 5.41) is 0. The number of anilines is 1. The molecular weight excluding hydrogens is 313 g/mol. The highest BCUT2D eigenvalue weighted by Gasteiger charge is 2.13. The van der Waals surface area contributed by atoms with E-state index < -0.39 is 16.6 Å². The maximum atomic E-state index is 14.6. The first-order chi connectivity index (χ1) is 11.1. The molecule has 3 aromatic rings. The van der Waals surface area contributed by atoms with Gasteiger partial charge in [-0.25, -0.2) is 9.37 Å². The van der Waals surface area contributed by atoms with Gasteiger partial charge in [-0.3, -0.25) is 9.19 Å². The summed E-state index contributed by atoms with van der Waals surface area (Å²) in [5.74, 6) is -0.0933. The Morgan fingerprint density at radius 3 is 2.48 bits per heavy atom. The number of rotatable bonds is 3. The molecule has 0 aliphatic rings. The molecule has 0 aliphatic heterocycles. The van der Waals surface area contributed by atoms with E-state index in [2.05, 4.69) is 9.97 Å². The second-order valence-electron chi connectivity index (χ2n) is 4.97. The van der Waals surface area contributed by atoms with E-state index in [9.17, 15) is 8.60 Å². The largest absolute Gasteiger partial charge is 0.382 e. The van der Waals surface area contributed by atoms with Crippen LogP contribution in [0.15, 0.2) is 59.8 Å². The van der Waals surface area contributed by atoms with E-state index in [-0.39, 0.29) is 0 Å². The van der Waals surface area contributed by atoms with Gasteiger partial charge in [-0.2, -0.15) is 0 Å². The summed E-state index contributed by atoms with van der Waals surface area (Å²) >= 11 is 0. The minimum absolute atomic E-state index is 0.310. The number of nitrogens with two attached hydrogens (primary N) is 1. The molecule has 2 aromatic carbocycles. The first-order valence-electron chi connectivity index (χ1n) is 6.86. The average Bonchev–Trinajstić information content (AvgIpc) is 2.55. The molecule has 0 aliphatic carbocycles. The topological polar surface area (TPSA) is 68.9 Å². The van der Waals surface area contributed by atoms with Crippen molar-refractivity contribution in [1.29, 1.82) is 0 Å². The third kappa shape index (κ3) is 3.12. The molecule has 1 aromatic heterocycles. The van der Waals surface area contributed by atoms with Gasteiger partial charge in [0.25, 0.3) is 0 Å². The van der Waals surface area contributed by atoms with Gasteiger partial charge in [0.1, 0.15) is 11.6 Å². The first-order valence-corrected chi connectivity index (χ1v) is 8.42. The molecule has 3 rings (SSSR count). The second kappa shape index (κ2) is 6.26. The van der Waals surface area contributed by atoms with Crippen LogP contribution in [0.2, 0.25) is 0 Å². The smallest absolute Gasteiger partial charge is 0.141 e. The third-order valence-corrected chi connectivity index (χ3v) is 4.40. The molecule has 1 unspecified atom stereocenters. The summed E-state index contributed by atoms with van der Waals surface area (Å²) in [4.78, 5) is 8.69. The lowest BCUT2D eigenvalue weighted by atomic mass is 10.0. The van der Waals surface area contributed by atoms with Crippen LogP contribution in [0.4, 0.5) is 10.2 Å². The second-order valence-corrected chi connectivity index (χ2v) is 6.32. The Kier molecular flexibility index (Phi) is 4.16. The molecule has 6 heteroatoms. The predicted octanol–water partition coefficient (Wildman–Crippen LogP) is 3.27. The summed E-state index contributed by atoms with van der Waals surface area (Å²) in [5.41, 5.74) is 7.68. The van der Waals surface area contributed by atoms with Crippen LogP contribution in [0.3, 0.4) is 0 Å². The fourth-order valence-electron chi connectivity index (χ4n) is 2.32. The first kappa shape index (κ1) is 15.3. The molecule has 1 heterocycles. The Balaban J connectivity index is 2.07. The van der Waals surface area contributed by atoms with Crippen LogP contribution in [-0.4, -0.2) is 20.4 Å². The van der Waals surface area contributed by atoms with Crippen LogP contribution < -0.4 is 5.73 Å². The molecule has 116 valence electrons. The van der Waals surface area contributed by atoms with Crippen molar-refractivity contribution >= 4 is 16.6 Å². The van der Waals surface area contributed by atoms with E-state index in [0.717, 1.165) is 0 Å². The SMILES string of the molecule is CS(=O)c1ccccc1-c1ccc(-c2cnc(N)cn2)cc1F. The van der Waals surface area contributed by atoms with Gasteiger partial charge >= 0.3 is 0 Å². The molecule has 0 amide bonds. The highest BCUT2D eigenvalue weighted by atomic mass is 32.2. The fraction of sp³-hybridized carbons (Fsp3) is 0.0588. The van der Waals surface area contributed by atoms with Crippen molar-refractivity contribution in [1.82, 2.24) is 9.97 Å². The number of hydrogen-bond donors (Lipinski definition) is 1. The van der Waals surface area contributed by atoms with E-state index in [4.69, 9.17) is 5.73 Å². The minimum Gasteiger partial charge on any atom is -0.382 e. The Hall–Kier alpha value is -2.60. The summed E-state index contributed by atoms with van der Waals surface area (Å²) in [7, 11) is -1.20. The molecule has 23 heavy (non-hydrogen) atoms. The lowest BCUT2D eigenvalue weighted by molar-refractivity contribution is 0.631. The van der Waals surface area contributed by atoms with E-state index >= 15 is 0 Å².